The monoisotopic (exact) mass is 361 g/mol. The van der Waals surface area contributed by atoms with Crippen LogP contribution in [0.1, 0.15) is 19.8 Å². The van der Waals surface area contributed by atoms with Gasteiger partial charge in [0, 0.05) is 6.42 Å². The van der Waals surface area contributed by atoms with E-state index in [1.807, 2.05) is 0 Å². The van der Waals surface area contributed by atoms with Gasteiger partial charge in [0.05, 0.1) is 12.6 Å². The summed E-state index contributed by atoms with van der Waals surface area (Å²) >= 11 is 0. The molecular formula is C13H23N5O7. The third-order valence-electron chi connectivity index (χ3n) is 2.96. The van der Waals surface area contributed by atoms with Crippen LogP contribution in [0.4, 0.5) is 0 Å². The summed E-state index contributed by atoms with van der Waals surface area (Å²) in [6.07, 6.45) is -0.437. The van der Waals surface area contributed by atoms with Gasteiger partial charge in [-0.2, -0.15) is 0 Å². The van der Waals surface area contributed by atoms with Crippen molar-refractivity contribution in [3.05, 3.63) is 0 Å². The summed E-state index contributed by atoms with van der Waals surface area (Å²) in [7, 11) is 0. The van der Waals surface area contributed by atoms with Crippen molar-refractivity contribution in [3.8, 4) is 0 Å². The molecule has 25 heavy (non-hydrogen) atoms. The van der Waals surface area contributed by atoms with Gasteiger partial charge in [0.1, 0.15) is 18.6 Å². The third kappa shape index (κ3) is 9.22. The Morgan fingerprint density at radius 2 is 1.56 bits per heavy atom. The molecule has 0 rings (SSSR count). The van der Waals surface area contributed by atoms with Gasteiger partial charge >= 0.3 is 5.97 Å². The average molecular weight is 361 g/mol. The minimum atomic E-state index is -1.37. The van der Waals surface area contributed by atoms with E-state index in [2.05, 4.69) is 16.0 Å². The lowest BCUT2D eigenvalue weighted by Crippen LogP contribution is -2.57. The number of nitrogens with one attached hydrogen (secondary N) is 3. The summed E-state index contributed by atoms with van der Waals surface area (Å²) in [4.78, 5) is 56.9. The zero-order chi connectivity index (χ0) is 19.6. The number of hydrogen-bond donors (Lipinski definition) is 7. The summed E-state index contributed by atoms with van der Waals surface area (Å²) in [5.41, 5.74) is 10.3. The van der Waals surface area contributed by atoms with Crippen molar-refractivity contribution in [1.82, 2.24) is 16.0 Å². The van der Waals surface area contributed by atoms with Crippen LogP contribution in [0, 0.1) is 0 Å². The lowest BCUT2D eigenvalue weighted by molar-refractivity contribution is -0.138. The average Bonchev–Trinajstić information content (AvgIpc) is 2.53. The molecule has 12 heteroatoms. The molecular weight excluding hydrogens is 338 g/mol. The van der Waals surface area contributed by atoms with Crippen LogP contribution in [0.25, 0.3) is 0 Å². The Bertz CT molecular complexity index is 523. The topological polar surface area (TPSA) is 214 Å². The van der Waals surface area contributed by atoms with Crippen LogP contribution in [-0.2, 0) is 24.0 Å². The van der Waals surface area contributed by atoms with Crippen LogP contribution < -0.4 is 27.4 Å². The van der Waals surface area contributed by atoms with E-state index in [1.165, 1.54) is 6.92 Å². The maximum absolute atomic E-state index is 12.1. The van der Waals surface area contributed by atoms with Gasteiger partial charge in [0.2, 0.25) is 23.6 Å². The SMILES string of the molecule is CC(N)C(=O)NC(CO)C(=O)NC(CCC(N)=O)C(=O)NCC(=O)O. The summed E-state index contributed by atoms with van der Waals surface area (Å²) in [6.45, 7) is -0.0765. The second kappa shape index (κ2) is 10.9. The van der Waals surface area contributed by atoms with Gasteiger partial charge < -0.3 is 37.6 Å². The van der Waals surface area contributed by atoms with Gasteiger partial charge in [-0.3, -0.25) is 24.0 Å². The van der Waals surface area contributed by atoms with E-state index in [-0.39, 0.29) is 12.8 Å². The fraction of sp³-hybridized carbons (Fsp3) is 0.615. The number of aliphatic hydroxyl groups excluding tert-OH is 1. The highest BCUT2D eigenvalue weighted by Gasteiger charge is 2.27. The third-order valence-corrected chi connectivity index (χ3v) is 2.96. The Morgan fingerprint density at radius 1 is 1.00 bits per heavy atom. The molecule has 0 spiro atoms. The number of primary amides is 1. The summed E-state index contributed by atoms with van der Waals surface area (Å²) in [5, 5.41) is 24.2. The number of hydrogen-bond acceptors (Lipinski definition) is 7. The quantitative estimate of drug-likeness (QED) is 0.191. The van der Waals surface area contributed by atoms with Crippen LogP contribution in [-0.4, -0.2) is 71.1 Å². The Hall–Kier alpha value is -2.73. The number of carbonyl (C=O) groups is 5. The predicted octanol–water partition coefficient (Wildman–Crippen LogP) is -4.24. The van der Waals surface area contributed by atoms with E-state index in [9.17, 15) is 29.1 Å². The van der Waals surface area contributed by atoms with Gasteiger partial charge in [-0.05, 0) is 13.3 Å². The van der Waals surface area contributed by atoms with Crippen LogP contribution in [0.5, 0.6) is 0 Å². The van der Waals surface area contributed by atoms with E-state index < -0.39 is 60.9 Å². The van der Waals surface area contributed by atoms with E-state index in [4.69, 9.17) is 16.6 Å². The Kier molecular flexibility index (Phi) is 9.74. The van der Waals surface area contributed by atoms with Crippen molar-refractivity contribution in [2.24, 2.45) is 11.5 Å². The Morgan fingerprint density at radius 3 is 2.00 bits per heavy atom. The fourth-order valence-electron chi connectivity index (χ4n) is 1.61. The summed E-state index contributed by atoms with van der Waals surface area (Å²) in [5.74, 6) is -4.48. The number of aliphatic hydroxyl groups is 1. The van der Waals surface area contributed by atoms with Gasteiger partial charge in [0.15, 0.2) is 0 Å². The van der Waals surface area contributed by atoms with Crippen LogP contribution in [0.2, 0.25) is 0 Å². The molecule has 0 radical (unpaired) electrons. The highest BCUT2D eigenvalue weighted by molar-refractivity contribution is 5.93. The number of amides is 4. The van der Waals surface area contributed by atoms with Crippen molar-refractivity contribution in [2.45, 2.75) is 37.9 Å². The first-order valence-electron chi connectivity index (χ1n) is 7.33. The van der Waals surface area contributed by atoms with E-state index in [0.29, 0.717) is 0 Å². The standard InChI is InChI=1S/C13H23N5O7/c1-6(14)11(23)18-8(5-19)13(25)17-7(2-3-9(15)20)12(24)16-4-10(21)22/h6-8,19H,2-5,14H2,1H3,(H2,15,20)(H,16,24)(H,17,25)(H,18,23)(H,21,22). The van der Waals surface area contributed by atoms with Gasteiger partial charge in [0.25, 0.3) is 0 Å². The zero-order valence-corrected chi connectivity index (χ0v) is 13.7. The molecule has 0 bridgehead atoms. The maximum Gasteiger partial charge on any atom is 0.322 e. The van der Waals surface area contributed by atoms with Gasteiger partial charge in [-0.15, -0.1) is 0 Å². The first kappa shape index (κ1) is 22.3. The molecule has 0 fully saturated rings. The van der Waals surface area contributed by atoms with Crippen molar-refractivity contribution in [3.63, 3.8) is 0 Å². The van der Waals surface area contributed by atoms with E-state index >= 15 is 0 Å². The molecule has 12 nitrogen and oxygen atoms in total. The number of nitrogens with two attached hydrogens (primary N) is 2. The lowest BCUT2D eigenvalue weighted by atomic mass is 10.1. The number of aliphatic carboxylic acids is 1. The molecule has 0 aliphatic rings. The number of carboxylic acid groups (broad SMARTS) is 1. The van der Waals surface area contributed by atoms with Crippen molar-refractivity contribution in [2.75, 3.05) is 13.2 Å². The molecule has 0 heterocycles. The second-order valence-corrected chi connectivity index (χ2v) is 5.21. The molecule has 0 saturated heterocycles. The van der Waals surface area contributed by atoms with Gasteiger partial charge in [-0.1, -0.05) is 0 Å². The highest BCUT2D eigenvalue weighted by Crippen LogP contribution is 1.99. The van der Waals surface area contributed by atoms with Crippen molar-refractivity contribution < 1.29 is 34.2 Å². The molecule has 3 atom stereocenters. The Balaban J connectivity index is 4.96. The molecule has 0 aromatic heterocycles. The number of carbonyl (C=O) groups excluding carboxylic acids is 4. The fourth-order valence-corrected chi connectivity index (χ4v) is 1.61. The minimum Gasteiger partial charge on any atom is -0.480 e. The molecule has 142 valence electrons. The first-order valence-corrected chi connectivity index (χ1v) is 7.33. The predicted molar refractivity (Wildman–Crippen MR) is 83.7 cm³/mol. The number of rotatable bonds is 11. The molecule has 0 aromatic carbocycles. The molecule has 0 aromatic rings. The first-order chi connectivity index (χ1) is 11.6. The zero-order valence-electron chi connectivity index (χ0n) is 13.7. The maximum atomic E-state index is 12.1. The Labute approximate surface area is 143 Å². The van der Waals surface area contributed by atoms with E-state index in [0.717, 1.165) is 0 Å². The second-order valence-electron chi connectivity index (χ2n) is 5.21. The molecule has 0 aliphatic carbocycles. The van der Waals surface area contributed by atoms with E-state index in [1.54, 1.807) is 0 Å². The van der Waals surface area contributed by atoms with Crippen molar-refractivity contribution in [1.29, 1.82) is 0 Å². The molecule has 9 N–H and O–H groups in total. The largest absolute Gasteiger partial charge is 0.480 e. The molecule has 3 unspecified atom stereocenters. The van der Waals surface area contributed by atoms with Crippen LogP contribution in [0.15, 0.2) is 0 Å². The normalized spacial score (nSPS) is 13.9. The highest BCUT2D eigenvalue weighted by atomic mass is 16.4. The van der Waals surface area contributed by atoms with Gasteiger partial charge in [-0.25, -0.2) is 0 Å². The van der Waals surface area contributed by atoms with Crippen LogP contribution >= 0.6 is 0 Å². The molecule has 0 aliphatic heterocycles. The minimum absolute atomic E-state index is 0.189. The number of carboxylic acids is 1. The lowest BCUT2D eigenvalue weighted by Gasteiger charge is -2.22. The van der Waals surface area contributed by atoms with Crippen molar-refractivity contribution >= 4 is 29.6 Å². The smallest absolute Gasteiger partial charge is 0.322 e. The molecule has 4 amide bonds. The summed E-state index contributed by atoms with van der Waals surface area (Å²) in [6, 6.07) is -3.58. The summed E-state index contributed by atoms with van der Waals surface area (Å²) < 4.78 is 0. The molecule has 0 saturated carbocycles. The van der Waals surface area contributed by atoms with Crippen LogP contribution in [0.3, 0.4) is 0 Å².